The highest BCUT2D eigenvalue weighted by Gasteiger charge is 2.34. The van der Waals surface area contributed by atoms with Crippen molar-refractivity contribution in [1.82, 2.24) is 20.4 Å². The summed E-state index contributed by atoms with van der Waals surface area (Å²) in [4.78, 5) is 24.9. The molecule has 2 unspecified atom stereocenters. The third-order valence-electron chi connectivity index (χ3n) is 5.21. The van der Waals surface area contributed by atoms with Crippen LogP contribution in [0.4, 0.5) is 4.39 Å². The van der Waals surface area contributed by atoms with Gasteiger partial charge in [-0.2, -0.15) is 5.10 Å². The third kappa shape index (κ3) is 3.89. The van der Waals surface area contributed by atoms with Gasteiger partial charge in [0.05, 0.1) is 0 Å². The number of para-hydroxylation sites is 1. The first-order valence-electron chi connectivity index (χ1n) is 8.94. The Morgan fingerprint density at radius 3 is 2.59 bits per heavy atom. The van der Waals surface area contributed by atoms with Crippen molar-refractivity contribution in [2.24, 2.45) is 0 Å². The number of nitrogens with one attached hydrogen (secondary N) is 2. The normalized spacial score (nSPS) is 23.6. The molecule has 4 rings (SSSR count). The second kappa shape index (κ2) is 7.78. The summed E-state index contributed by atoms with van der Waals surface area (Å²) in [5, 5.41) is 10.6. The van der Waals surface area contributed by atoms with Gasteiger partial charge in [-0.15, -0.1) is 12.4 Å². The number of hydrogen-bond acceptors (Lipinski definition) is 4. The van der Waals surface area contributed by atoms with Crippen molar-refractivity contribution in [3.8, 4) is 5.69 Å². The van der Waals surface area contributed by atoms with E-state index in [0.717, 1.165) is 25.7 Å². The highest BCUT2D eigenvalue weighted by molar-refractivity contribution is 5.92. The molecule has 6 nitrogen and oxygen atoms in total. The monoisotopic (exact) mass is 392 g/mol. The molecule has 1 aromatic heterocycles. The third-order valence-corrected chi connectivity index (χ3v) is 5.21. The maximum atomic E-state index is 14.1. The predicted molar refractivity (Wildman–Crippen MR) is 102 cm³/mol. The van der Waals surface area contributed by atoms with Crippen molar-refractivity contribution in [2.45, 2.75) is 50.7 Å². The Labute approximate surface area is 162 Å². The van der Waals surface area contributed by atoms with Crippen LogP contribution in [-0.2, 0) is 0 Å². The van der Waals surface area contributed by atoms with Crippen LogP contribution in [0.15, 0.2) is 35.1 Å². The lowest BCUT2D eigenvalue weighted by atomic mass is 10.00. The van der Waals surface area contributed by atoms with Crippen molar-refractivity contribution in [1.29, 1.82) is 0 Å². The summed E-state index contributed by atoms with van der Waals surface area (Å²) in [7, 11) is 0. The molecule has 27 heavy (non-hydrogen) atoms. The molecule has 1 amide bonds. The highest BCUT2D eigenvalue weighted by atomic mass is 35.5. The van der Waals surface area contributed by atoms with E-state index in [1.165, 1.54) is 16.8 Å². The average molecular weight is 393 g/mol. The minimum Gasteiger partial charge on any atom is -0.348 e. The topological polar surface area (TPSA) is 76.0 Å². The van der Waals surface area contributed by atoms with Crippen LogP contribution >= 0.6 is 12.4 Å². The molecule has 2 bridgehead atoms. The maximum Gasteiger partial charge on any atom is 0.276 e. The molecule has 2 saturated heterocycles. The molecule has 0 radical (unpaired) electrons. The minimum absolute atomic E-state index is 0. The van der Waals surface area contributed by atoms with Crippen LogP contribution in [0.25, 0.3) is 5.69 Å². The fourth-order valence-corrected chi connectivity index (χ4v) is 4.00. The Morgan fingerprint density at radius 1 is 1.26 bits per heavy atom. The number of halogens is 2. The second-order valence-corrected chi connectivity index (χ2v) is 7.14. The van der Waals surface area contributed by atoms with Crippen LogP contribution in [0.2, 0.25) is 0 Å². The van der Waals surface area contributed by atoms with Crippen molar-refractivity contribution >= 4 is 18.3 Å². The molecule has 1 aromatic carbocycles. The number of aryl methyl sites for hydroxylation is 1. The number of carbonyl (C=O) groups excluding carboxylic acids is 1. The SMILES string of the molecule is Cc1cc(=O)c(C(=O)NC2CC3CCC(C2)N3)nn1-c1ccccc1F.Cl. The van der Waals surface area contributed by atoms with E-state index in [2.05, 4.69) is 15.7 Å². The van der Waals surface area contributed by atoms with Crippen molar-refractivity contribution in [2.75, 3.05) is 0 Å². The minimum atomic E-state index is -0.494. The summed E-state index contributed by atoms with van der Waals surface area (Å²) in [5.41, 5.74) is 0.0183. The molecule has 2 aliphatic rings. The molecular weight excluding hydrogens is 371 g/mol. The van der Waals surface area contributed by atoms with Gasteiger partial charge in [0, 0.05) is 29.9 Å². The lowest BCUT2D eigenvalue weighted by molar-refractivity contribution is 0.0916. The Kier molecular flexibility index (Phi) is 5.62. The van der Waals surface area contributed by atoms with E-state index in [9.17, 15) is 14.0 Å². The molecule has 0 saturated carbocycles. The molecule has 2 aliphatic heterocycles. The standard InChI is InChI=1S/C19H21FN4O2.ClH/c1-11-8-17(25)18(23-24(11)16-5-3-2-4-15(16)20)19(26)22-14-9-12-6-7-13(10-14)21-12;/h2-5,8,12-14,21H,6-7,9-10H2,1H3,(H,22,26);1H. The summed E-state index contributed by atoms with van der Waals surface area (Å²) in [6, 6.07) is 8.36. The Morgan fingerprint density at radius 2 is 1.93 bits per heavy atom. The van der Waals surface area contributed by atoms with Gasteiger partial charge in [-0.1, -0.05) is 12.1 Å². The second-order valence-electron chi connectivity index (χ2n) is 7.14. The number of rotatable bonds is 3. The number of benzene rings is 1. The summed E-state index contributed by atoms with van der Waals surface area (Å²) in [6.45, 7) is 1.66. The van der Waals surface area contributed by atoms with Gasteiger partial charge in [-0.25, -0.2) is 9.07 Å². The van der Waals surface area contributed by atoms with E-state index in [1.807, 2.05) is 0 Å². The van der Waals surface area contributed by atoms with E-state index in [0.29, 0.717) is 17.8 Å². The molecule has 0 spiro atoms. The van der Waals surface area contributed by atoms with Crippen molar-refractivity contribution in [3.05, 3.63) is 57.8 Å². The van der Waals surface area contributed by atoms with Crippen LogP contribution in [-0.4, -0.2) is 33.8 Å². The number of carbonyl (C=O) groups is 1. The Balaban J connectivity index is 0.00000210. The van der Waals surface area contributed by atoms with E-state index in [-0.39, 0.29) is 29.8 Å². The lowest BCUT2D eigenvalue weighted by Gasteiger charge is -2.29. The quantitative estimate of drug-likeness (QED) is 0.838. The first-order valence-corrected chi connectivity index (χ1v) is 8.94. The molecule has 2 fully saturated rings. The van der Waals surface area contributed by atoms with Gasteiger partial charge in [0.2, 0.25) is 5.43 Å². The largest absolute Gasteiger partial charge is 0.348 e. The van der Waals surface area contributed by atoms with Gasteiger partial charge in [0.25, 0.3) is 5.91 Å². The van der Waals surface area contributed by atoms with Crippen molar-refractivity contribution in [3.63, 3.8) is 0 Å². The smallest absolute Gasteiger partial charge is 0.276 e. The van der Waals surface area contributed by atoms with Crippen LogP contribution in [0, 0.1) is 12.7 Å². The number of amides is 1. The number of nitrogens with zero attached hydrogens (tertiary/aromatic N) is 2. The van der Waals surface area contributed by atoms with Crippen molar-refractivity contribution < 1.29 is 9.18 Å². The highest BCUT2D eigenvalue weighted by Crippen LogP contribution is 2.26. The Hall–Kier alpha value is -2.25. The molecule has 2 N–H and O–H groups in total. The number of piperidine rings is 1. The first-order chi connectivity index (χ1) is 12.5. The summed E-state index contributed by atoms with van der Waals surface area (Å²) in [5.74, 6) is -0.959. The van der Waals surface area contributed by atoms with Crippen LogP contribution in [0.3, 0.4) is 0 Å². The number of fused-ring (bicyclic) bond motifs is 2. The number of hydrogen-bond donors (Lipinski definition) is 2. The Bertz CT molecular complexity index is 905. The molecule has 3 heterocycles. The molecule has 2 aromatic rings. The lowest BCUT2D eigenvalue weighted by Crippen LogP contribution is -2.48. The van der Waals surface area contributed by atoms with E-state index < -0.39 is 17.2 Å². The van der Waals surface area contributed by atoms with Gasteiger partial charge in [-0.05, 0) is 44.7 Å². The van der Waals surface area contributed by atoms with Gasteiger partial charge in [-0.3, -0.25) is 9.59 Å². The van der Waals surface area contributed by atoms with E-state index >= 15 is 0 Å². The molecule has 0 aliphatic carbocycles. The summed E-state index contributed by atoms with van der Waals surface area (Å²) < 4.78 is 15.4. The zero-order valence-corrected chi connectivity index (χ0v) is 15.8. The van der Waals surface area contributed by atoms with Gasteiger partial charge >= 0.3 is 0 Å². The summed E-state index contributed by atoms with van der Waals surface area (Å²) in [6.07, 6.45) is 3.96. The zero-order valence-electron chi connectivity index (χ0n) is 14.9. The fourth-order valence-electron chi connectivity index (χ4n) is 4.00. The summed E-state index contributed by atoms with van der Waals surface area (Å²) >= 11 is 0. The first kappa shape index (κ1) is 19.5. The van der Waals surface area contributed by atoms with E-state index in [4.69, 9.17) is 0 Å². The van der Waals surface area contributed by atoms with Gasteiger partial charge in [0.1, 0.15) is 11.5 Å². The van der Waals surface area contributed by atoms with Crippen LogP contribution in [0.5, 0.6) is 0 Å². The molecule has 8 heteroatoms. The maximum absolute atomic E-state index is 14.1. The molecule has 144 valence electrons. The van der Waals surface area contributed by atoms with Gasteiger partial charge < -0.3 is 10.6 Å². The number of aromatic nitrogens is 2. The van der Waals surface area contributed by atoms with Crippen LogP contribution in [0.1, 0.15) is 41.9 Å². The van der Waals surface area contributed by atoms with Gasteiger partial charge in [0.15, 0.2) is 5.69 Å². The molecular formula is C19H22ClFN4O2. The fraction of sp³-hybridized carbons (Fsp3) is 0.421. The predicted octanol–water partition coefficient (Wildman–Crippen LogP) is 2.11. The zero-order chi connectivity index (χ0) is 18.3. The van der Waals surface area contributed by atoms with E-state index in [1.54, 1.807) is 25.1 Å². The average Bonchev–Trinajstić information content (AvgIpc) is 2.94. The molecule has 2 atom stereocenters. The van der Waals surface area contributed by atoms with Crippen LogP contribution < -0.4 is 16.1 Å².